The van der Waals surface area contributed by atoms with Gasteiger partial charge in [-0.25, -0.2) is 0 Å². The molecule has 1 aromatic carbocycles. The molecule has 0 bridgehead atoms. The van der Waals surface area contributed by atoms with Crippen molar-refractivity contribution >= 4 is 0 Å². The highest BCUT2D eigenvalue weighted by atomic mass is 19.4. The molecular weight excluding hydrogens is 281 g/mol. The minimum atomic E-state index is -4.37. The van der Waals surface area contributed by atoms with Crippen molar-refractivity contribution in [3.63, 3.8) is 0 Å². The maximum Gasteiger partial charge on any atom is 0.416 e. The maximum atomic E-state index is 13.2. The lowest BCUT2D eigenvalue weighted by atomic mass is 9.97. The first-order valence-corrected chi connectivity index (χ1v) is 7.08. The largest absolute Gasteiger partial charge is 0.416 e. The smallest absolute Gasteiger partial charge is 0.373 e. The summed E-state index contributed by atoms with van der Waals surface area (Å²) in [5.41, 5.74) is 5.43. The number of hydrogen-bond donors (Lipinski definition) is 1. The van der Waals surface area contributed by atoms with Gasteiger partial charge in [0.05, 0.1) is 17.8 Å². The van der Waals surface area contributed by atoms with E-state index in [1.165, 1.54) is 12.1 Å². The van der Waals surface area contributed by atoms with Gasteiger partial charge in [-0.3, -0.25) is 4.90 Å². The lowest BCUT2D eigenvalue weighted by Gasteiger charge is -2.40. The fourth-order valence-electron chi connectivity index (χ4n) is 2.99. The number of alkyl halides is 3. The van der Waals surface area contributed by atoms with E-state index in [0.717, 1.165) is 6.07 Å². The summed E-state index contributed by atoms with van der Waals surface area (Å²) in [6.07, 6.45) is -4.39. The Morgan fingerprint density at radius 2 is 1.81 bits per heavy atom. The van der Waals surface area contributed by atoms with Crippen LogP contribution in [-0.4, -0.2) is 36.7 Å². The third kappa shape index (κ3) is 3.75. The van der Waals surface area contributed by atoms with Crippen molar-refractivity contribution in [1.82, 2.24) is 4.90 Å². The average molecular weight is 302 g/mol. The van der Waals surface area contributed by atoms with Gasteiger partial charge in [-0.15, -0.1) is 0 Å². The van der Waals surface area contributed by atoms with E-state index in [-0.39, 0.29) is 24.3 Å². The number of nitrogens with two attached hydrogens (primary N) is 1. The van der Waals surface area contributed by atoms with Crippen LogP contribution in [0.15, 0.2) is 24.3 Å². The van der Waals surface area contributed by atoms with Gasteiger partial charge in [-0.2, -0.15) is 13.2 Å². The first-order chi connectivity index (χ1) is 9.82. The fraction of sp³-hybridized carbons (Fsp3) is 0.600. The highest BCUT2D eigenvalue weighted by molar-refractivity contribution is 5.33. The third-order valence-corrected chi connectivity index (χ3v) is 3.74. The summed E-state index contributed by atoms with van der Waals surface area (Å²) in [5.74, 6) is 0. The van der Waals surface area contributed by atoms with Crippen LogP contribution < -0.4 is 5.73 Å². The molecule has 21 heavy (non-hydrogen) atoms. The minimum Gasteiger partial charge on any atom is -0.373 e. The summed E-state index contributed by atoms with van der Waals surface area (Å²) < 4.78 is 45.2. The van der Waals surface area contributed by atoms with Crippen molar-refractivity contribution in [3.05, 3.63) is 35.4 Å². The molecule has 118 valence electrons. The topological polar surface area (TPSA) is 38.5 Å². The molecule has 1 aromatic rings. The standard InChI is InChI=1S/C15H21F3N2O/c1-10-8-20(9-11(2)21-10)14(7-19)12-5-3-4-6-13(12)15(16,17)18/h3-6,10-11,14H,7-9,19H2,1-2H3/t10-,11+,14-/m1/s1. The van der Waals surface area contributed by atoms with Crippen molar-refractivity contribution in [2.24, 2.45) is 5.73 Å². The molecule has 3 nitrogen and oxygen atoms in total. The molecular formula is C15H21F3N2O. The summed E-state index contributed by atoms with van der Waals surface area (Å²) in [5, 5.41) is 0. The molecule has 2 rings (SSSR count). The van der Waals surface area contributed by atoms with Gasteiger partial charge in [0.1, 0.15) is 0 Å². The number of nitrogens with zero attached hydrogens (tertiary/aromatic N) is 1. The summed E-state index contributed by atoms with van der Waals surface area (Å²) in [6.45, 7) is 5.15. The number of rotatable bonds is 3. The Morgan fingerprint density at radius 1 is 1.24 bits per heavy atom. The minimum absolute atomic E-state index is 0.0131. The molecule has 0 radical (unpaired) electrons. The van der Waals surface area contributed by atoms with Crippen molar-refractivity contribution in [1.29, 1.82) is 0 Å². The van der Waals surface area contributed by atoms with Crippen LogP contribution in [-0.2, 0) is 10.9 Å². The van der Waals surface area contributed by atoms with Crippen LogP contribution in [0.2, 0.25) is 0 Å². The van der Waals surface area contributed by atoms with E-state index in [0.29, 0.717) is 13.1 Å². The van der Waals surface area contributed by atoms with Crippen molar-refractivity contribution < 1.29 is 17.9 Å². The zero-order valence-corrected chi connectivity index (χ0v) is 12.2. The van der Waals surface area contributed by atoms with E-state index >= 15 is 0 Å². The number of ether oxygens (including phenoxy) is 1. The normalized spacial score (nSPS) is 25.8. The first kappa shape index (κ1) is 16.3. The summed E-state index contributed by atoms with van der Waals surface area (Å²) in [6, 6.07) is 5.22. The molecule has 0 spiro atoms. The number of benzene rings is 1. The molecule has 0 aromatic heterocycles. The molecule has 0 unspecified atom stereocenters. The van der Waals surface area contributed by atoms with Crippen LogP contribution in [0.4, 0.5) is 13.2 Å². The Balaban J connectivity index is 2.34. The van der Waals surface area contributed by atoms with E-state index in [1.807, 2.05) is 18.7 Å². The highest BCUT2D eigenvalue weighted by Gasteiger charge is 2.37. The fourth-order valence-corrected chi connectivity index (χ4v) is 2.99. The zero-order valence-electron chi connectivity index (χ0n) is 12.2. The number of hydrogen-bond acceptors (Lipinski definition) is 3. The van der Waals surface area contributed by atoms with Gasteiger partial charge in [0, 0.05) is 25.7 Å². The summed E-state index contributed by atoms with van der Waals surface area (Å²) in [4.78, 5) is 1.99. The molecule has 1 saturated heterocycles. The van der Waals surface area contributed by atoms with Crippen molar-refractivity contribution in [2.75, 3.05) is 19.6 Å². The lowest BCUT2D eigenvalue weighted by molar-refractivity contribution is -0.139. The molecule has 1 fully saturated rings. The van der Waals surface area contributed by atoms with Crippen LogP contribution in [0.1, 0.15) is 31.0 Å². The molecule has 3 atom stereocenters. The Hall–Kier alpha value is -1.11. The number of morpholine rings is 1. The second-order valence-corrected chi connectivity index (χ2v) is 5.55. The quantitative estimate of drug-likeness (QED) is 0.933. The molecule has 1 aliphatic rings. The van der Waals surface area contributed by atoms with E-state index in [2.05, 4.69) is 0 Å². The van der Waals surface area contributed by atoms with E-state index in [9.17, 15) is 13.2 Å². The lowest BCUT2D eigenvalue weighted by Crippen LogP contribution is -2.48. The van der Waals surface area contributed by atoms with Gasteiger partial charge in [0.2, 0.25) is 0 Å². The van der Waals surface area contributed by atoms with E-state index in [4.69, 9.17) is 10.5 Å². The first-order valence-electron chi connectivity index (χ1n) is 7.08. The second-order valence-electron chi connectivity index (χ2n) is 5.55. The molecule has 0 aliphatic carbocycles. The molecule has 0 amide bonds. The Morgan fingerprint density at radius 3 is 2.33 bits per heavy atom. The van der Waals surface area contributed by atoms with Gasteiger partial charge in [0.15, 0.2) is 0 Å². The van der Waals surface area contributed by atoms with Gasteiger partial charge >= 0.3 is 6.18 Å². The van der Waals surface area contributed by atoms with Gasteiger partial charge in [0.25, 0.3) is 0 Å². The number of halogens is 3. The summed E-state index contributed by atoms with van der Waals surface area (Å²) >= 11 is 0. The second kappa shape index (κ2) is 6.34. The Kier molecular flexibility index (Phi) is 4.91. The van der Waals surface area contributed by atoms with E-state index < -0.39 is 17.8 Å². The zero-order chi connectivity index (χ0) is 15.6. The monoisotopic (exact) mass is 302 g/mol. The molecule has 0 saturated carbocycles. The third-order valence-electron chi connectivity index (χ3n) is 3.74. The van der Waals surface area contributed by atoms with Crippen molar-refractivity contribution in [2.45, 2.75) is 38.3 Å². The van der Waals surface area contributed by atoms with Crippen LogP contribution in [0.3, 0.4) is 0 Å². The Labute approximate surface area is 122 Å². The van der Waals surface area contributed by atoms with Gasteiger partial charge in [-0.1, -0.05) is 18.2 Å². The predicted octanol–water partition coefficient (Wildman–Crippen LogP) is 2.81. The predicted molar refractivity (Wildman–Crippen MR) is 74.8 cm³/mol. The highest BCUT2D eigenvalue weighted by Crippen LogP contribution is 2.36. The molecule has 1 heterocycles. The van der Waals surface area contributed by atoms with Crippen LogP contribution >= 0.6 is 0 Å². The van der Waals surface area contributed by atoms with E-state index in [1.54, 1.807) is 6.07 Å². The SMILES string of the molecule is C[C@@H]1CN([C@H](CN)c2ccccc2C(F)(F)F)C[C@H](C)O1. The van der Waals surface area contributed by atoms with Crippen LogP contribution in [0, 0.1) is 0 Å². The molecule has 2 N–H and O–H groups in total. The summed E-state index contributed by atoms with van der Waals surface area (Å²) in [7, 11) is 0. The van der Waals surface area contributed by atoms with Crippen LogP contribution in [0.5, 0.6) is 0 Å². The van der Waals surface area contributed by atoms with Crippen LogP contribution in [0.25, 0.3) is 0 Å². The van der Waals surface area contributed by atoms with Gasteiger partial charge in [-0.05, 0) is 25.5 Å². The van der Waals surface area contributed by atoms with Crippen molar-refractivity contribution in [3.8, 4) is 0 Å². The Bertz CT molecular complexity index is 468. The molecule has 1 aliphatic heterocycles. The average Bonchev–Trinajstić information content (AvgIpc) is 2.38. The maximum absolute atomic E-state index is 13.2. The molecule has 6 heteroatoms. The van der Waals surface area contributed by atoms with Gasteiger partial charge < -0.3 is 10.5 Å².